The summed E-state index contributed by atoms with van der Waals surface area (Å²) >= 11 is 0. The van der Waals surface area contributed by atoms with Crippen LogP contribution in [0.5, 0.6) is 0 Å². The number of carbonyl (C=O) groups is 1. The van der Waals surface area contributed by atoms with Crippen LogP contribution in [0.2, 0.25) is 0 Å². The zero-order chi connectivity index (χ0) is 19.2. The smallest absolute Gasteiger partial charge is 0.246 e. The van der Waals surface area contributed by atoms with Crippen molar-refractivity contribution < 1.29 is 4.79 Å². The number of aromatic nitrogens is 2. The van der Waals surface area contributed by atoms with Gasteiger partial charge in [-0.3, -0.25) is 9.69 Å². The van der Waals surface area contributed by atoms with Crippen LogP contribution in [0.25, 0.3) is 17.8 Å². The van der Waals surface area contributed by atoms with E-state index in [1.807, 2.05) is 58.0 Å². The minimum atomic E-state index is 0.0605. The van der Waals surface area contributed by atoms with E-state index in [4.69, 9.17) is 0 Å². The van der Waals surface area contributed by atoms with Gasteiger partial charge in [-0.1, -0.05) is 48.6 Å². The van der Waals surface area contributed by atoms with Crippen LogP contribution in [-0.4, -0.2) is 57.8 Å². The average molecular weight is 372 g/mol. The predicted molar refractivity (Wildman–Crippen MR) is 113 cm³/mol. The van der Waals surface area contributed by atoms with Crippen LogP contribution in [0.1, 0.15) is 11.3 Å². The lowest BCUT2D eigenvalue weighted by Gasteiger charge is -2.33. The summed E-state index contributed by atoms with van der Waals surface area (Å²) in [6.07, 6.45) is 11.6. The minimum absolute atomic E-state index is 0.0605. The Labute approximate surface area is 165 Å². The molecule has 4 rings (SSSR count). The number of piperazine rings is 1. The minimum Gasteiger partial charge on any atom is -0.337 e. The average Bonchev–Trinajstić information content (AvgIpc) is 3.16. The first-order chi connectivity index (χ1) is 13.8. The van der Waals surface area contributed by atoms with Crippen molar-refractivity contribution in [2.24, 2.45) is 0 Å². The quantitative estimate of drug-likeness (QED) is 0.646. The maximum absolute atomic E-state index is 12.5. The molecule has 0 N–H and O–H groups in total. The van der Waals surface area contributed by atoms with Crippen molar-refractivity contribution in [3.8, 4) is 0 Å². The molecular weight excluding hydrogens is 348 g/mol. The lowest BCUT2D eigenvalue weighted by Crippen LogP contribution is -2.48. The molecule has 0 saturated carbocycles. The molecular formula is C23H24N4O. The third-order valence-corrected chi connectivity index (χ3v) is 5.00. The molecule has 1 aliphatic heterocycles. The van der Waals surface area contributed by atoms with Crippen LogP contribution in [0, 0.1) is 0 Å². The summed E-state index contributed by atoms with van der Waals surface area (Å²) in [6, 6.07) is 16.2. The Morgan fingerprint density at radius 2 is 1.75 bits per heavy atom. The van der Waals surface area contributed by atoms with E-state index in [0.29, 0.717) is 0 Å². The number of fused-ring (bicyclic) bond motifs is 1. The number of amides is 1. The summed E-state index contributed by atoms with van der Waals surface area (Å²) in [5, 5.41) is 0. The summed E-state index contributed by atoms with van der Waals surface area (Å²) in [6.45, 7) is 4.22. The highest BCUT2D eigenvalue weighted by Gasteiger charge is 2.18. The molecule has 1 fully saturated rings. The molecule has 0 aliphatic carbocycles. The number of pyridine rings is 1. The molecule has 28 heavy (non-hydrogen) atoms. The molecule has 142 valence electrons. The maximum atomic E-state index is 12.5. The molecule has 1 saturated heterocycles. The first-order valence-corrected chi connectivity index (χ1v) is 9.63. The van der Waals surface area contributed by atoms with Gasteiger partial charge < -0.3 is 9.30 Å². The molecule has 0 unspecified atom stereocenters. The number of hydrogen-bond donors (Lipinski definition) is 0. The molecule has 5 heteroatoms. The Morgan fingerprint density at radius 3 is 2.57 bits per heavy atom. The van der Waals surface area contributed by atoms with E-state index < -0.39 is 0 Å². The van der Waals surface area contributed by atoms with Crippen molar-refractivity contribution in [2.45, 2.75) is 0 Å². The fraction of sp³-hybridized carbons (Fsp3) is 0.217. The summed E-state index contributed by atoms with van der Waals surface area (Å²) in [5.41, 5.74) is 3.01. The summed E-state index contributed by atoms with van der Waals surface area (Å²) in [7, 11) is 0. The molecule has 3 aromatic rings. The third-order valence-electron chi connectivity index (χ3n) is 5.00. The zero-order valence-corrected chi connectivity index (χ0v) is 15.8. The second kappa shape index (κ2) is 8.67. The second-order valence-corrected chi connectivity index (χ2v) is 6.88. The standard InChI is InChI=1S/C23H24N4O/c28-23(12-11-21-19-24-22-10-4-5-14-27(21)22)26-17-15-25(16-18-26)13-6-9-20-7-2-1-3-8-20/h1-12,14,19H,13,15-18H2/b9-6+,12-11+. The Balaban J connectivity index is 1.27. The highest BCUT2D eigenvalue weighted by Crippen LogP contribution is 2.09. The van der Waals surface area contributed by atoms with E-state index in [-0.39, 0.29) is 5.91 Å². The van der Waals surface area contributed by atoms with Crippen LogP contribution < -0.4 is 0 Å². The first kappa shape index (κ1) is 18.2. The Hall–Kier alpha value is -3.18. The molecule has 2 aromatic heterocycles. The molecule has 1 aliphatic rings. The number of benzene rings is 1. The summed E-state index contributed by atoms with van der Waals surface area (Å²) in [4.78, 5) is 21.1. The van der Waals surface area contributed by atoms with Gasteiger partial charge in [0.05, 0.1) is 11.9 Å². The van der Waals surface area contributed by atoms with Gasteiger partial charge in [0.2, 0.25) is 5.91 Å². The number of rotatable bonds is 5. The van der Waals surface area contributed by atoms with Gasteiger partial charge in [0.25, 0.3) is 0 Å². The number of hydrogen-bond acceptors (Lipinski definition) is 3. The van der Waals surface area contributed by atoms with Gasteiger partial charge in [-0.15, -0.1) is 0 Å². The van der Waals surface area contributed by atoms with Gasteiger partial charge in [0.15, 0.2) is 0 Å². The fourth-order valence-corrected chi connectivity index (χ4v) is 3.39. The molecule has 3 heterocycles. The number of nitrogens with zero attached hydrogens (tertiary/aromatic N) is 4. The van der Waals surface area contributed by atoms with E-state index in [2.05, 4.69) is 34.2 Å². The largest absolute Gasteiger partial charge is 0.337 e. The molecule has 5 nitrogen and oxygen atoms in total. The lowest BCUT2D eigenvalue weighted by atomic mass is 10.2. The predicted octanol–water partition coefficient (Wildman–Crippen LogP) is 3.21. The SMILES string of the molecule is O=C(/C=C/c1cnc2ccccn12)N1CCN(C/C=C/c2ccccc2)CC1. The van der Waals surface area contributed by atoms with Crippen LogP contribution in [0.3, 0.4) is 0 Å². The zero-order valence-electron chi connectivity index (χ0n) is 15.8. The summed E-state index contributed by atoms with van der Waals surface area (Å²) in [5.74, 6) is 0.0605. The van der Waals surface area contributed by atoms with Gasteiger partial charge in [0.1, 0.15) is 5.65 Å². The number of carbonyl (C=O) groups excluding carboxylic acids is 1. The van der Waals surface area contributed by atoms with E-state index >= 15 is 0 Å². The van der Waals surface area contributed by atoms with Crippen molar-refractivity contribution >= 4 is 23.7 Å². The Kier molecular flexibility index (Phi) is 5.64. The van der Waals surface area contributed by atoms with Crippen LogP contribution in [0.4, 0.5) is 0 Å². The van der Waals surface area contributed by atoms with Gasteiger partial charge >= 0.3 is 0 Å². The van der Waals surface area contributed by atoms with Crippen molar-refractivity contribution in [1.29, 1.82) is 0 Å². The van der Waals surface area contributed by atoms with E-state index in [9.17, 15) is 4.79 Å². The molecule has 0 radical (unpaired) electrons. The monoisotopic (exact) mass is 372 g/mol. The third kappa shape index (κ3) is 4.38. The topological polar surface area (TPSA) is 40.9 Å². The highest BCUT2D eigenvalue weighted by atomic mass is 16.2. The van der Waals surface area contributed by atoms with Crippen LogP contribution >= 0.6 is 0 Å². The summed E-state index contributed by atoms with van der Waals surface area (Å²) < 4.78 is 1.97. The number of imidazole rings is 1. The molecule has 0 bridgehead atoms. The van der Waals surface area contributed by atoms with Crippen LogP contribution in [-0.2, 0) is 4.79 Å². The van der Waals surface area contributed by atoms with Gasteiger partial charge in [-0.2, -0.15) is 0 Å². The first-order valence-electron chi connectivity index (χ1n) is 9.63. The van der Waals surface area contributed by atoms with E-state index in [1.54, 1.807) is 12.3 Å². The normalized spacial score (nSPS) is 15.8. The van der Waals surface area contributed by atoms with Crippen molar-refractivity contribution in [3.05, 3.63) is 84.3 Å². The van der Waals surface area contributed by atoms with Gasteiger partial charge in [-0.25, -0.2) is 4.98 Å². The Morgan fingerprint density at radius 1 is 0.964 bits per heavy atom. The molecule has 1 amide bonds. The lowest BCUT2D eigenvalue weighted by molar-refractivity contribution is -0.127. The Bertz CT molecular complexity index is 982. The van der Waals surface area contributed by atoms with E-state index in [1.165, 1.54) is 5.56 Å². The second-order valence-electron chi connectivity index (χ2n) is 6.88. The molecule has 0 atom stereocenters. The van der Waals surface area contributed by atoms with Gasteiger partial charge in [-0.05, 0) is 23.8 Å². The van der Waals surface area contributed by atoms with Crippen molar-refractivity contribution in [3.63, 3.8) is 0 Å². The van der Waals surface area contributed by atoms with E-state index in [0.717, 1.165) is 44.1 Å². The van der Waals surface area contributed by atoms with Gasteiger partial charge in [0, 0.05) is 45.0 Å². The van der Waals surface area contributed by atoms with Crippen LogP contribution in [0.15, 0.2) is 73.1 Å². The highest BCUT2D eigenvalue weighted by molar-refractivity contribution is 5.91. The van der Waals surface area contributed by atoms with Crippen molar-refractivity contribution in [1.82, 2.24) is 19.2 Å². The maximum Gasteiger partial charge on any atom is 0.246 e. The molecule has 0 spiro atoms. The van der Waals surface area contributed by atoms with Crippen molar-refractivity contribution in [2.75, 3.05) is 32.7 Å². The fourth-order valence-electron chi connectivity index (χ4n) is 3.39. The molecule has 1 aromatic carbocycles.